The Balaban J connectivity index is 1.56. The summed E-state index contributed by atoms with van der Waals surface area (Å²) in [5.74, 6) is -0.148. The third-order valence-corrected chi connectivity index (χ3v) is 7.41. The number of rotatable bonds is 5. The topological polar surface area (TPSA) is 97.3 Å². The third-order valence-electron chi connectivity index (χ3n) is 5.78. The van der Waals surface area contributed by atoms with Gasteiger partial charge in [-0.3, -0.25) is 9.59 Å². The van der Waals surface area contributed by atoms with Crippen molar-refractivity contribution in [2.75, 3.05) is 12.3 Å². The molecule has 0 saturated carbocycles. The Labute approximate surface area is 191 Å². The van der Waals surface area contributed by atoms with Gasteiger partial charge in [-0.05, 0) is 54.2 Å². The zero-order chi connectivity index (χ0) is 22.9. The van der Waals surface area contributed by atoms with Crippen molar-refractivity contribution in [3.05, 3.63) is 80.6 Å². The lowest BCUT2D eigenvalue weighted by Crippen LogP contribution is -2.38. The van der Waals surface area contributed by atoms with Crippen molar-refractivity contribution in [1.82, 2.24) is 14.6 Å². The fourth-order valence-corrected chi connectivity index (χ4v) is 5.36. The molecule has 2 heterocycles. The van der Waals surface area contributed by atoms with E-state index < -0.39 is 15.9 Å². The van der Waals surface area contributed by atoms with E-state index in [0.29, 0.717) is 29.8 Å². The van der Waals surface area contributed by atoms with Crippen molar-refractivity contribution < 1.29 is 13.2 Å². The highest BCUT2D eigenvalue weighted by molar-refractivity contribution is 7.89. The van der Waals surface area contributed by atoms with E-state index in [-0.39, 0.29) is 29.2 Å². The molecule has 9 heteroatoms. The molecule has 0 radical (unpaired) electrons. The van der Waals surface area contributed by atoms with E-state index in [9.17, 15) is 18.0 Å². The van der Waals surface area contributed by atoms with Crippen LogP contribution in [0.15, 0.2) is 53.5 Å². The van der Waals surface area contributed by atoms with Gasteiger partial charge in [0.1, 0.15) is 5.56 Å². The fraction of sp³-hybridized carbons (Fsp3) is 0.304. The lowest BCUT2D eigenvalue weighted by Gasteiger charge is -2.23. The van der Waals surface area contributed by atoms with Crippen LogP contribution in [-0.4, -0.2) is 31.2 Å². The van der Waals surface area contributed by atoms with E-state index in [1.807, 2.05) is 30.3 Å². The average Bonchev–Trinajstić information content (AvgIpc) is 2.77. The van der Waals surface area contributed by atoms with E-state index in [1.54, 1.807) is 29.9 Å². The summed E-state index contributed by atoms with van der Waals surface area (Å²) in [5, 5.41) is 3.88. The molecule has 1 aliphatic heterocycles. The van der Waals surface area contributed by atoms with Gasteiger partial charge in [0.15, 0.2) is 0 Å². The molecule has 1 fully saturated rings. The molecular weight excluding hydrogens is 450 g/mol. The largest absolute Gasteiger partial charge is 0.350 e. The van der Waals surface area contributed by atoms with Gasteiger partial charge < -0.3 is 9.88 Å². The monoisotopic (exact) mass is 473 g/mol. The molecule has 1 unspecified atom stereocenters. The smallest absolute Gasteiger partial charge is 0.257 e. The summed E-state index contributed by atoms with van der Waals surface area (Å²) in [7, 11) is -1.35. The number of carbonyl (C=O) groups excluding carboxylic acids is 1. The number of hydrogen-bond donors (Lipinski definition) is 2. The first-order chi connectivity index (χ1) is 15.2. The quantitative estimate of drug-likeness (QED) is 0.595. The molecule has 1 saturated heterocycles. The molecule has 3 aromatic rings. The standard InChI is InChI=1S/C23H24ClN3O4S/c1-27-14-20(23(29)25-12-15-2-5-18(24)6-3-15)22(28)19-11-16(4-7-21(19)27)10-17-8-9-32(30,31)26-13-17/h2-7,11,14,17,26H,8-10,12-13H2,1H3,(H,25,29). The maximum atomic E-state index is 13.1. The molecule has 1 aliphatic rings. The second kappa shape index (κ2) is 9.05. The van der Waals surface area contributed by atoms with Crippen LogP contribution in [0.4, 0.5) is 0 Å². The number of nitrogens with zero attached hydrogens (tertiary/aromatic N) is 1. The minimum absolute atomic E-state index is 0.0801. The van der Waals surface area contributed by atoms with Gasteiger partial charge in [0.05, 0.1) is 11.3 Å². The summed E-state index contributed by atoms with van der Waals surface area (Å²) in [6, 6.07) is 12.8. The van der Waals surface area contributed by atoms with Gasteiger partial charge >= 0.3 is 0 Å². The summed E-state index contributed by atoms with van der Waals surface area (Å²) in [6.07, 6.45) is 2.80. The first-order valence-corrected chi connectivity index (χ1v) is 12.4. The van der Waals surface area contributed by atoms with E-state index >= 15 is 0 Å². The SMILES string of the molecule is Cn1cc(C(=O)NCc2ccc(Cl)cc2)c(=O)c2cc(CC3CCS(=O)(=O)NC3)ccc21. The van der Waals surface area contributed by atoms with Gasteiger partial charge in [-0.15, -0.1) is 0 Å². The van der Waals surface area contributed by atoms with Crippen LogP contribution >= 0.6 is 11.6 Å². The number of fused-ring (bicyclic) bond motifs is 1. The molecule has 0 spiro atoms. The van der Waals surface area contributed by atoms with Crippen LogP contribution in [0.25, 0.3) is 10.9 Å². The number of aryl methyl sites for hydroxylation is 1. The number of amides is 1. The first kappa shape index (κ1) is 22.5. The number of nitrogens with one attached hydrogen (secondary N) is 2. The molecule has 2 aromatic carbocycles. The van der Waals surface area contributed by atoms with Crippen molar-refractivity contribution in [2.24, 2.45) is 13.0 Å². The number of halogens is 1. The van der Waals surface area contributed by atoms with Gasteiger partial charge in [-0.25, -0.2) is 13.1 Å². The van der Waals surface area contributed by atoms with Crippen molar-refractivity contribution in [2.45, 2.75) is 19.4 Å². The van der Waals surface area contributed by atoms with Crippen LogP contribution < -0.4 is 15.5 Å². The van der Waals surface area contributed by atoms with Gasteiger partial charge in [0.25, 0.3) is 5.91 Å². The second-order valence-electron chi connectivity index (χ2n) is 8.17. The molecule has 168 valence electrons. The van der Waals surface area contributed by atoms with Crippen LogP contribution in [0.5, 0.6) is 0 Å². The molecule has 1 atom stereocenters. The Hall–Kier alpha value is -2.68. The van der Waals surface area contributed by atoms with Crippen LogP contribution in [0.3, 0.4) is 0 Å². The molecule has 2 N–H and O–H groups in total. The molecule has 4 rings (SSSR count). The number of sulfonamides is 1. The molecule has 7 nitrogen and oxygen atoms in total. The predicted octanol–water partition coefficient (Wildman–Crippen LogP) is 2.60. The van der Waals surface area contributed by atoms with Crippen LogP contribution in [0, 0.1) is 5.92 Å². The zero-order valence-corrected chi connectivity index (χ0v) is 19.2. The van der Waals surface area contributed by atoms with Crippen molar-refractivity contribution in [3.8, 4) is 0 Å². The normalized spacial score (nSPS) is 17.9. The van der Waals surface area contributed by atoms with Crippen LogP contribution in [0.2, 0.25) is 5.02 Å². The molecule has 32 heavy (non-hydrogen) atoms. The van der Waals surface area contributed by atoms with E-state index in [4.69, 9.17) is 11.6 Å². The van der Waals surface area contributed by atoms with Crippen molar-refractivity contribution in [1.29, 1.82) is 0 Å². The second-order valence-corrected chi connectivity index (χ2v) is 10.5. The molecule has 0 aliphatic carbocycles. The molecule has 1 amide bonds. The summed E-state index contributed by atoms with van der Waals surface area (Å²) in [5.41, 5.74) is 2.32. The van der Waals surface area contributed by atoms with E-state index in [1.165, 1.54) is 0 Å². The highest BCUT2D eigenvalue weighted by Gasteiger charge is 2.23. The van der Waals surface area contributed by atoms with Crippen molar-refractivity contribution >= 4 is 38.4 Å². The maximum Gasteiger partial charge on any atom is 0.257 e. The van der Waals surface area contributed by atoms with E-state index in [2.05, 4.69) is 10.0 Å². The zero-order valence-electron chi connectivity index (χ0n) is 17.6. The lowest BCUT2D eigenvalue weighted by atomic mass is 9.95. The Kier molecular flexibility index (Phi) is 6.37. The predicted molar refractivity (Wildman–Crippen MR) is 125 cm³/mol. The van der Waals surface area contributed by atoms with Gasteiger partial charge in [-0.2, -0.15) is 0 Å². The fourth-order valence-electron chi connectivity index (χ4n) is 3.96. The number of benzene rings is 2. The number of carbonyl (C=O) groups is 1. The molecule has 0 bridgehead atoms. The maximum absolute atomic E-state index is 13.1. The van der Waals surface area contributed by atoms with Crippen LogP contribution in [-0.2, 0) is 30.0 Å². The summed E-state index contributed by atoms with van der Waals surface area (Å²) >= 11 is 5.89. The third kappa shape index (κ3) is 5.03. The Bertz CT molecular complexity index is 1320. The molecular formula is C23H24ClN3O4S. The highest BCUT2D eigenvalue weighted by Crippen LogP contribution is 2.20. The average molecular weight is 474 g/mol. The first-order valence-electron chi connectivity index (χ1n) is 10.3. The Morgan fingerprint density at radius 3 is 2.59 bits per heavy atom. The highest BCUT2D eigenvalue weighted by atomic mass is 35.5. The Morgan fingerprint density at radius 1 is 1.19 bits per heavy atom. The summed E-state index contributed by atoms with van der Waals surface area (Å²) in [6.45, 7) is 0.681. The van der Waals surface area contributed by atoms with Gasteiger partial charge in [-0.1, -0.05) is 29.8 Å². The van der Waals surface area contributed by atoms with Gasteiger partial charge in [0.2, 0.25) is 15.5 Å². The van der Waals surface area contributed by atoms with Crippen LogP contribution in [0.1, 0.15) is 27.9 Å². The van der Waals surface area contributed by atoms with Crippen molar-refractivity contribution in [3.63, 3.8) is 0 Å². The minimum Gasteiger partial charge on any atom is -0.350 e. The molecule has 1 aromatic heterocycles. The summed E-state index contributed by atoms with van der Waals surface area (Å²) < 4.78 is 27.5. The number of hydrogen-bond acceptors (Lipinski definition) is 4. The number of aromatic nitrogens is 1. The minimum atomic E-state index is -3.15. The van der Waals surface area contributed by atoms with E-state index in [0.717, 1.165) is 16.6 Å². The van der Waals surface area contributed by atoms with Gasteiger partial charge in [0, 0.05) is 36.7 Å². The Morgan fingerprint density at radius 2 is 1.91 bits per heavy atom. The number of pyridine rings is 1. The lowest BCUT2D eigenvalue weighted by molar-refractivity contribution is 0.0949. The summed E-state index contributed by atoms with van der Waals surface area (Å²) in [4.78, 5) is 25.9.